The Bertz CT molecular complexity index is 1310. The summed E-state index contributed by atoms with van der Waals surface area (Å²) in [5, 5.41) is 33.4. The van der Waals surface area contributed by atoms with E-state index in [2.05, 4.69) is 0 Å². The fourth-order valence-corrected chi connectivity index (χ4v) is 6.19. The van der Waals surface area contributed by atoms with Crippen molar-refractivity contribution < 1.29 is 39.2 Å². The number of aromatic hydroxyl groups is 1. The number of hydrogen-bond donors (Lipinski definition) is 4. The molecule has 11 nitrogen and oxygen atoms in total. The molecule has 5 rings (SSSR count). The van der Waals surface area contributed by atoms with Crippen LogP contribution in [0.4, 0.5) is 5.69 Å². The van der Waals surface area contributed by atoms with Crippen molar-refractivity contribution in [3.63, 3.8) is 0 Å². The zero-order valence-corrected chi connectivity index (χ0v) is 20.6. The van der Waals surface area contributed by atoms with Gasteiger partial charge in [-0.1, -0.05) is 0 Å². The second-order valence-corrected chi connectivity index (χ2v) is 10.2. The number of fused-ring (bicyclic) bond motifs is 3. The number of morpholine rings is 1. The molecule has 0 aromatic heterocycles. The first-order valence-corrected chi connectivity index (χ1v) is 12.2. The maximum absolute atomic E-state index is 13.6. The molecular formula is C26H29N3O8. The maximum Gasteiger partial charge on any atom is 0.257 e. The highest BCUT2D eigenvalue weighted by Gasteiger charge is 2.51. The summed E-state index contributed by atoms with van der Waals surface area (Å²) >= 11 is 0. The molecular weight excluding hydrogens is 482 g/mol. The number of benzene rings is 1. The van der Waals surface area contributed by atoms with Gasteiger partial charge in [0.1, 0.15) is 22.8 Å². The average molecular weight is 512 g/mol. The van der Waals surface area contributed by atoms with E-state index >= 15 is 0 Å². The van der Waals surface area contributed by atoms with Crippen LogP contribution in [-0.2, 0) is 25.5 Å². The van der Waals surface area contributed by atoms with Crippen molar-refractivity contribution in [3.05, 3.63) is 39.7 Å². The van der Waals surface area contributed by atoms with E-state index in [1.165, 1.54) is 0 Å². The minimum Gasteiger partial charge on any atom is -0.511 e. The summed E-state index contributed by atoms with van der Waals surface area (Å²) < 4.78 is 5.31. The molecule has 3 atom stereocenters. The van der Waals surface area contributed by atoms with E-state index < -0.39 is 64.0 Å². The fraction of sp³-hybridized carbons (Fsp3) is 0.462. The van der Waals surface area contributed by atoms with E-state index in [4.69, 9.17) is 10.5 Å². The number of carbonyl (C=O) groups excluding carboxylic acids is 4. The number of aliphatic hydroxyl groups is 2. The van der Waals surface area contributed by atoms with Crippen LogP contribution in [0.5, 0.6) is 5.75 Å². The largest absolute Gasteiger partial charge is 0.511 e. The van der Waals surface area contributed by atoms with Gasteiger partial charge in [-0.15, -0.1) is 0 Å². The first-order valence-electron chi connectivity index (χ1n) is 12.2. The molecule has 1 saturated carbocycles. The molecule has 37 heavy (non-hydrogen) atoms. The van der Waals surface area contributed by atoms with Gasteiger partial charge in [0.25, 0.3) is 11.8 Å². The summed E-state index contributed by atoms with van der Waals surface area (Å²) in [4.78, 5) is 54.5. The van der Waals surface area contributed by atoms with Crippen LogP contribution in [0.25, 0.3) is 5.76 Å². The molecule has 3 unspecified atom stereocenters. The molecule has 2 fully saturated rings. The number of nitrogens with zero attached hydrogens (tertiary/aromatic N) is 2. The van der Waals surface area contributed by atoms with Gasteiger partial charge in [-0.3, -0.25) is 19.2 Å². The Balaban J connectivity index is 1.66. The number of primary amides is 1. The highest BCUT2D eigenvalue weighted by atomic mass is 16.5. The molecule has 0 radical (unpaired) electrons. The minimum atomic E-state index is -1.19. The number of nitrogens with two attached hydrogens (primary N) is 1. The Morgan fingerprint density at radius 1 is 1.11 bits per heavy atom. The number of allylic oxidation sites excluding steroid dienone is 2. The van der Waals surface area contributed by atoms with Gasteiger partial charge in [0, 0.05) is 44.9 Å². The summed E-state index contributed by atoms with van der Waals surface area (Å²) in [5.41, 5.74) is 5.90. The van der Waals surface area contributed by atoms with E-state index in [-0.39, 0.29) is 29.5 Å². The third kappa shape index (κ3) is 3.76. The fourth-order valence-electron chi connectivity index (χ4n) is 6.19. The number of rotatable bonds is 3. The highest BCUT2D eigenvalue weighted by molar-refractivity contribution is 6.21. The number of amides is 2. The highest BCUT2D eigenvalue weighted by Crippen LogP contribution is 2.52. The van der Waals surface area contributed by atoms with Crippen LogP contribution in [0, 0.1) is 17.8 Å². The first-order chi connectivity index (χ1) is 17.5. The lowest BCUT2D eigenvalue weighted by atomic mass is 9.61. The van der Waals surface area contributed by atoms with Gasteiger partial charge in [0.05, 0.1) is 30.3 Å². The zero-order chi connectivity index (χ0) is 26.8. The molecule has 1 heterocycles. The summed E-state index contributed by atoms with van der Waals surface area (Å²) in [6, 6.07) is 1.59. The second-order valence-electron chi connectivity index (χ2n) is 10.2. The topological polar surface area (TPSA) is 171 Å². The number of phenols is 1. The van der Waals surface area contributed by atoms with Crippen molar-refractivity contribution in [3.8, 4) is 5.75 Å². The van der Waals surface area contributed by atoms with Crippen LogP contribution in [0.3, 0.4) is 0 Å². The molecule has 1 aliphatic heterocycles. The lowest BCUT2D eigenvalue weighted by Gasteiger charge is -2.41. The van der Waals surface area contributed by atoms with Crippen molar-refractivity contribution in [2.75, 3.05) is 45.3 Å². The van der Waals surface area contributed by atoms with E-state index in [9.17, 15) is 34.5 Å². The summed E-state index contributed by atoms with van der Waals surface area (Å²) in [5.74, 6) is -6.53. The Morgan fingerprint density at radius 3 is 2.41 bits per heavy atom. The summed E-state index contributed by atoms with van der Waals surface area (Å²) in [6.07, 6.45) is 0.464. The number of aliphatic hydroxyl groups excluding tert-OH is 2. The average Bonchev–Trinajstić information content (AvgIpc) is 2.83. The molecule has 11 heteroatoms. The Kier molecular flexibility index (Phi) is 5.98. The van der Waals surface area contributed by atoms with Gasteiger partial charge in [-0.25, -0.2) is 0 Å². The van der Waals surface area contributed by atoms with Crippen LogP contribution in [0.2, 0.25) is 0 Å². The van der Waals surface area contributed by atoms with Gasteiger partial charge >= 0.3 is 0 Å². The predicted octanol–water partition coefficient (Wildman–Crippen LogP) is 0.847. The summed E-state index contributed by atoms with van der Waals surface area (Å²) in [6.45, 7) is 1.46. The van der Waals surface area contributed by atoms with E-state index in [1.54, 1.807) is 30.0 Å². The molecule has 5 N–H and O–H groups in total. The van der Waals surface area contributed by atoms with Crippen molar-refractivity contribution in [1.82, 2.24) is 4.90 Å². The minimum absolute atomic E-state index is 0.00175. The molecule has 3 aliphatic carbocycles. The zero-order valence-electron chi connectivity index (χ0n) is 20.6. The summed E-state index contributed by atoms with van der Waals surface area (Å²) in [7, 11) is 3.56. The van der Waals surface area contributed by atoms with Crippen molar-refractivity contribution >= 4 is 34.8 Å². The molecule has 1 saturated heterocycles. The second kappa shape index (κ2) is 8.91. The van der Waals surface area contributed by atoms with Crippen molar-refractivity contribution in [2.45, 2.75) is 19.3 Å². The van der Waals surface area contributed by atoms with Gasteiger partial charge in [-0.05, 0) is 36.3 Å². The van der Waals surface area contributed by atoms with Crippen molar-refractivity contribution in [2.24, 2.45) is 23.5 Å². The van der Waals surface area contributed by atoms with Gasteiger partial charge < -0.3 is 35.6 Å². The Labute approximate surface area is 212 Å². The number of hydrogen-bond acceptors (Lipinski definition) is 9. The number of ketones is 2. The smallest absolute Gasteiger partial charge is 0.257 e. The third-order valence-electron chi connectivity index (χ3n) is 7.88. The Hall–Kier alpha value is -3.86. The molecule has 2 amide bonds. The lowest BCUT2D eigenvalue weighted by molar-refractivity contribution is -0.127. The van der Waals surface area contributed by atoms with E-state index in [0.29, 0.717) is 44.0 Å². The monoisotopic (exact) mass is 511 g/mol. The standard InChI is InChI=1S/C26H29N3O8/c1-28(2)15-10-14(26(36)29-3-5-37-6-4-29)21(31)19-13(15)8-11-7-12-9-16(30)20(25(27)35)24(34)18(12)22(32)17(11)23(19)33/h10-12,18,31,33-34H,3-9H2,1-2H3,(H2,27,35). The van der Waals surface area contributed by atoms with Gasteiger partial charge in [0.2, 0.25) is 0 Å². The normalized spacial score (nSPS) is 25.5. The van der Waals surface area contributed by atoms with Crippen LogP contribution in [0.1, 0.15) is 34.3 Å². The molecule has 0 bridgehead atoms. The maximum atomic E-state index is 13.6. The SMILES string of the molecule is CN(C)c1cc(C(=O)N2CCOCC2)c(O)c2c1CC1CC3CC(=O)C(C(N)=O)=C(O)C3C(=O)C1=C2O. The number of carbonyl (C=O) groups is 4. The lowest BCUT2D eigenvalue weighted by Crippen LogP contribution is -2.44. The molecule has 0 spiro atoms. The number of phenolic OH excluding ortho intramolecular Hbond substituents is 1. The van der Waals surface area contributed by atoms with Crippen LogP contribution >= 0.6 is 0 Å². The van der Waals surface area contributed by atoms with E-state index in [0.717, 1.165) is 0 Å². The number of Topliss-reactive ketones (excluding diaryl/α,β-unsaturated/α-hetero) is 2. The van der Waals surface area contributed by atoms with Crippen LogP contribution in [0.15, 0.2) is 23.0 Å². The number of anilines is 1. The van der Waals surface area contributed by atoms with Gasteiger partial charge in [-0.2, -0.15) is 0 Å². The predicted molar refractivity (Wildman–Crippen MR) is 131 cm³/mol. The molecule has 196 valence electrons. The molecule has 4 aliphatic rings. The number of ether oxygens (including phenoxy) is 1. The van der Waals surface area contributed by atoms with Crippen LogP contribution in [-0.4, -0.2) is 84.0 Å². The molecule has 1 aromatic carbocycles. The molecule has 1 aromatic rings. The van der Waals surface area contributed by atoms with Crippen molar-refractivity contribution in [1.29, 1.82) is 0 Å². The Morgan fingerprint density at radius 2 is 1.78 bits per heavy atom. The van der Waals surface area contributed by atoms with E-state index in [1.807, 2.05) is 0 Å². The van der Waals surface area contributed by atoms with Gasteiger partial charge in [0.15, 0.2) is 11.6 Å². The quantitative estimate of drug-likeness (QED) is 0.429. The van der Waals surface area contributed by atoms with Crippen LogP contribution < -0.4 is 10.6 Å². The third-order valence-corrected chi connectivity index (χ3v) is 7.88. The first kappa shape index (κ1) is 24.8.